The van der Waals surface area contributed by atoms with E-state index in [-0.39, 0.29) is 0 Å². The number of allylic oxidation sites excluding steroid dienone is 4. The standard InChI is InChI=1S/C28H36N2S2/c1-15-11-17(3)25(18(4)12-15)29-21(7)23(9)31-27(29)28-30(22(8)24(10)32-28)26-19(5)13-16(2)14-20(26)6/h11-14,27-28H,1-10H3. The summed E-state index contributed by atoms with van der Waals surface area (Å²) in [6, 6.07) is 9.31. The van der Waals surface area contributed by atoms with E-state index in [1.54, 1.807) is 0 Å². The lowest BCUT2D eigenvalue weighted by Crippen LogP contribution is -2.44. The zero-order valence-corrected chi connectivity index (χ0v) is 22.8. The quantitative estimate of drug-likeness (QED) is 0.449. The van der Waals surface area contributed by atoms with Gasteiger partial charge < -0.3 is 9.80 Å². The lowest BCUT2D eigenvalue weighted by atomic mass is 10.0. The Labute approximate surface area is 203 Å². The Hall–Kier alpha value is -1.78. The van der Waals surface area contributed by atoms with Crippen molar-refractivity contribution >= 4 is 34.9 Å². The SMILES string of the molecule is CC1=C(C)N(c2c(C)cc(C)cc2C)C(C2SC(C)=C(C)N2c2c(C)cc(C)cc2C)S1. The first kappa shape index (κ1) is 23.4. The summed E-state index contributed by atoms with van der Waals surface area (Å²) in [6.45, 7) is 22.6. The van der Waals surface area contributed by atoms with Crippen LogP contribution in [0.4, 0.5) is 11.4 Å². The average Bonchev–Trinajstić information content (AvgIpc) is 3.12. The van der Waals surface area contributed by atoms with Crippen LogP contribution in [0.1, 0.15) is 61.1 Å². The molecule has 4 rings (SSSR count). The zero-order valence-electron chi connectivity index (χ0n) is 21.2. The van der Waals surface area contributed by atoms with E-state index in [4.69, 9.17) is 0 Å². The number of nitrogens with zero attached hydrogens (tertiary/aromatic N) is 2. The molecule has 0 spiro atoms. The van der Waals surface area contributed by atoms with Crippen molar-refractivity contribution in [3.63, 3.8) is 0 Å². The third-order valence-corrected chi connectivity index (χ3v) is 9.73. The number of aryl methyl sites for hydroxylation is 6. The van der Waals surface area contributed by atoms with Gasteiger partial charge in [-0.15, -0.1) is 23.5 Å². The largest absolute Gasteiger partial charge is 0.328 e. The average molecular weight is 465 g/mol. The van der Waals surface area contributed by atoms with Crippen LogP contribution in [0.2, 0.25) is 0 Å². The molecule has 0 aliphatic carbocycles. The first-order valence-electron chi connectivity index (χ1n) is 11.4. The number of thioether (sulfide) groups is 2. The Morgan fingerprint density at radius 2 is 0.781 bits per heavy atom. The van der Waals surface area contributed by atoms with E-state index >= 15 is 0 Å². The fourth-order valence-corrected chi connectivity index (χ4v) is 8.24. The van der Waals surface area contributed by atoms with Crippen molar-refractivity contribution < 1.29 is 0 Å². The van der Waals surface area contributed by atoms with Crippen LogP contribution < -0.4 is 9.80 Å². The maximum atomic E-state index is 2.62. The molecule has 0 fully saturated rings. The molecule has 0 bridgehead atoms. The van der Waals surface area contributed by atoms with Gasteiger partial charge in [-0.25, -0.2) is 0 Å². The van der Waals surface area contributed by atoms with Crippen molar-refractivity contribution in [3.8, 4) is 0 Å². The first-order valence-corrected chi connectivity index (χ1v) is 13.2. The summed E-state index contributed by atoms with van der Waals surface area (Å²) in [6.07, 6.45) is 0. The van der Waals surface area contributed by atoms with Crippen molar-refractivity contribution in [2.24, 2.45) is 0 Å². The Kier molecular flexibility index (Phi) is 6.23. The summed E-state index contributed by atoms with van der Waals surface area (Å²) in [4.78, 5) is 8.10. The molecule has 2 aromatic rings. The summed E-state index contributed by atoms with van der Waals surface area (Å²) in [5, 5.41) is 0.625. The molecule has 170 valence electrons. The molecule has 0 N–H and O–H groups in total. The van der Waals surface area contributed by atoms with Crippen LogP contribution in [-0.4, -0.2) is 10.7 Å². The normalized spacial score (nSPS) is 21.4. The van der Waals surface area contributed by atoms with Gasteiger partial charge in [0, 0.05) is 32.6 Å². The summed E-state index contributed by atoms with van der Waals surface area (Å²) in [5.74, 6) is 0. The molecule has 0 amide bonds. The van der Waals surface area contributed by atoms with Crippen LogP contribution in [0.25, 0.3) is 0 Å². The molecule has 32 heavy (non-hydrogen) atoms. The van der Waals surface area contributed by atoms with Crippen molar-refractivity contribution in [2.45, 2.75) is 80.0 Å². The van der Waals surface area contributed by atoms with Gasteiger partial charge >= 0.3 is 0 Å². The highest BCUT2D eigenvalue weighted by Crippen LogP contribution is 2.53. The Balaban J connectivity index is 1.85. The van der Waals surface area contributed by atoms with E-state index in [0.29, 0.717) is 10.7 Å². The van der Waals surface area contributed by atoms with Crippen molar-refractivity contribution in [2.75, 3.05) is 9.80 Å². The van der Waals surface area contributed by atoms with E-state index in [0.717, 1.165) is 0 Å². The van der Waals surface area contributed by atoms with Gasteiger partial charge in [0.15, 0.2) is 0 Å². The second kappa shape index (κ2) is 8.53. The third kappa shape index (κ3) is 3.80. The molecule has 2 atom stereocenters. The van der Waals surface area contributed by atoms with Crippen molar-refractivity contribution in [1.82, 2.24) is 0 Å². The molecular formula is C28H36N2S2. The highest BCUT2D eigenvalue weighted by atomic mass is 32.2. The predicted octanol–water partition coefficient (Wildman–Crippen LogP) is 8.50. The van der Waals surface area contributed by atoms with Crippen LogP contribution in [0, 0.1) is 41.5 Å². The predicted molar refractivity (Wildman–Crippen MR) is 146 cm³/mol. The fourth-order valence-electron chi connectivity index (χ4n) is 5.43. The minimum absolute atomic E-state index is 0.313. The highest BCUT2D eigenvalue weighted by Gasteiger charge is 2.44. The highest BCUT2D eigenvalue weighted by molar-refractivity contribution is 8.07. The van der Waals surface area contributed by atoms with Gasteiger partial charge in [0.05, 0.1) is 0 Å². The molecule has 2 heterocycles. The molecule has 2 nitrogen and oxygen atoms in total. The van der Waals surface area contributed by atoms with Crippen LogP contribution in [0.5, 0.6) is 0 Å². The van der Waals surface area contributed by atoms with E-state index < -0.39 is 0 Å². The van der Waals surface area contributed by atoms with Gasteiger partial charge in [-0.2, -0.15) is 0 Å². The van der Waals surface area contributed by atoms with E-state index in [9.17, 15) is 0 Å². The molecule has 0 aromatic heterocycles. The fraction of sp³-hybridized carbons (Fsp3) is 0.429. The Morgan fingerprint density at radius 1 is 0.500 bits per heavy atom. The molecule has 2 aromatic carbocycles. The number of benzene rings is 2. The lowest BCUT2D eigenvalue weighted by Gasteiger charge is -2.39. The molecule has 0 radical (unpaired) electrons. The summed E-state index contributed by atoms with van der Waals surface area (Å²) in [7, 11) is 0. The summed E-state index contributed by atoms with van der Waals surface area (Å²) < 4.78 is 0. The van der Waals surface area contributed by atoms with Crippen LogP contribution in [-0.2, 0) is 0 Å². The lowest BCUT2D eigenvalue weighted by molar-refractivity contribution is 0.757. The third-order valence-electron chi connectivity index (χ3n) is 6.84. The molecule has 4 heteroatoms. The van der Waals surface area contributed by atoms with Crippen LogP contribution in [0.3, 0.4) is 0 Å². The molecular weight excluding hydrogens is 428 g/mol. The van der Waals surface area contributed by atoms with Crippen molar-refractivity contribution in [1.29, 1.82) is 0 Å². The second-order valence-electron chi connectivity index (χ2n) is 9.53. The van der Waals surface area contributed by atoms with Crippen LogP contribution in [0.15, 0.2) is 45.5 Å². The van der Waals surface area contributed by atoms with E-state index in [1.165, 1.54) is 66.0 Å². The first-order chi connectivity index (χ1) is 15.0. The smallest absolute Gasteiger partial charge is 0.114 e. The number of rotatable bonds is 3. The second-order valence-corrected chi connectivity index (χ2v) is 12.2. The molecule has 2 aliphatic heterocycles. The van der Waals surface area contributed by atoms with Crippen molar-refractivity contribution in [3.05, 3.63) is 78.9 Å². The van der Waals surface area contributed by atoms with Gasteiger partial charge in [-0.1, -0.05) is 35.4 Å². The van der Waals surface area contributed by atoms with Gasteiger partial charge in [0.1, 0.15) is 10.7 Å². The minimum Gasteiger partial charge on any atom is -0.328 e. The molecule has 2 unspecified atom stereocenters. The zero-order chi connectivity index (χ0) is 23.5. The van der Waals surface area contributed by atoms with Gasteiger partial charge in [0.2, 0.25) is 0 Å². The number of anilines is 2. The maximum absolute atomic E-state index is 2.62. The van der Waals surface area contributed by atoms with E-state index in [1.807, 2.05) is 23.5 Å². The van der Waals surface area contributed by atoms with Gasteiger partial charge in [-0.3, -0.25) is 0 Å². The maximum Gasteiger partial charge on any atom is 0.114 e. The van der Waals surface area contributed by atoms with E-state index in [2.05, 4.69) is 103 Å². The topological polar surface area (TPSA) is 6.48 Å². The Bertz CT molecular complexity index is 1020. The summed E-state index contributed by atoms with van der Waals surface area (Å²) in [5.41, 5.74) is 13.6. The van der Waals surface area contributed by atoms with Gasteiger partial charge in [-0.05, 0) is 91.5 Å². The number of hydrogen-bond acceptors (Lipinski definition) is 4. The molecule has 2 aliphatic rings. The summed E-state index contributed by atoms with van der Waals surface area (Å²) >= 11 is 4.06. The van der Waals surface area contributed by atoms with Gasteiger partial charge in [0.25, 0.3) is 0 Å². The molecule has 0 saturated carbocycles. The monoisotopic (exact) mass is 464 g/mol. The Morgan fingerprint density at radius 3 is 1.06 bits per heavy atom. The molecule has 0 saturated heterocycles. The minimum atomic E-state index is 0.313. The number of hydrogen-bond donors (Lipinski definition) is 0. The van der Waals surface area contributed by atoms with Crippen LogP contribution >= 0.6 is 23.5 Å².